The summed E-state index contributed by atoms with van der Waals surface area (Å²) in [6.07, 6.45) is 0. The summed E-state index contributed by atoms with van der Waals surface area (Å²) in [7, 11) is 1.51. The molecule has 0 saturated heterocycles. The number of carbonyl (C=O) groups is 1. The van der Waals surface area contributed by atoms with Crippen LogP contribution in [0.15, 0.2) is 42.5 Å². The highest BCUT2D eigenvalue weighted by Crippen LogP contribution is 2.25. The van der Waals surface area contributed by atoms with Crippen LogP contribution in [0.2, 0.25) is 0 Å². The van der Waals surface area contributed by atoms with E-state index in [4.69, 9.17) is 15.7 Å². The predicted octanol–water partition coefficient (Wildman–Crippen LogP) is 2.40. The number of nitrogen functional groups attached to an aromatic ring is 1. The fraction of sp³-hybridized carbons (Fsp3) is 0.0667. The van der Waals surface area contributed by atoms with Crippen molar-refractivity contribution in [2.24, 2.45) is 0 Å². The third-order valence-electron chi connectivity index (χ3n) is 2.77. The van der Waals surface area contributed by atoms with Crippen molar-refractivity contribution in [2.75, 3.05) is 18.2 Å². The van der Waals surface area contributed by atoms with Crippen LogP contribution in [0.5, 0.6) is 5.75 Å². The van der Waals surface area contributed by atoms with Gasteiger partial charge in [0.1, 0.15) is 5.75 Å². The molecule has 5 heteroatoms. The molecule has 2 rings (SSSR count). The molecule has 0 bridgehead atoms. The van der Waals surface area contributed by atoms with Gasteiger partial charge in [0.15, 0.2) is 0 Å². The average molecular weight is 267 g/mol. The Labute approximate surface area is 116 Å². The number of hydrogen-bond acceptors (Lipinski definition) is 4. The zero-order valence-electron chi connectivity index (χ0n) is 10.9. The van der Waals surface area contributed by atoms with Crippen molar-refractivity contribution < 1.29 is 9.53 Å². The minimum absolute atomic E-state index is 0.263. The van der Waals surface area contributed by atoms with Gasteiger partial charge in [-0.05, 0) is 36.4 Å². The highest BCUT2D eigenvalue weighted by atomic mass is 16.5. The Morgan fingerprint density at radius 2 is 1.95 bits per heavy atom. The first kappa shape index (κ1) is 13.4. The molecular weight excluding hydrogens is 254 g/mol. The van der Waals surface area contributed by atoms with E-state index in [-0.39, 0.29) is 5.91 Å². The van der Waals surface area contributed by atoms with Crippen LogP contribution in [0, 0.1) is 11.3 Å². The van der Waals surface area contributed by atoms with Gasteiger partial charge in [0.05, 0.1) is 24.4 Å². The minimum atomic E-state index is -0.263. The minimum Gasteiger partial charge on any atom is -0.495 e. The molecule has 20 heavy (non-hydrogen) atoms. The molecule has 0 aliphatic heterocycles. The highest BCUT2D eigenvalue weighted by Gasteiger charge is 2.07. The zero-order valence-corrected chi connectivity index (χ0v) is 10.9. The summed E-state index contributed by atoms with van der Waals surface area (Å²) in [5.41, 5.74) is 7.78. The van der Waals surface area contributed by atoms with Gasteiger partial charge in [-0.1, -0.05) is 0 Å². The third-order valence-corrected chi connectivity index (χ3v) is 2.77. The summed E-state index contributed by atoms with van der Waals surface area (Å²) < 4.78 is 5.09. The van der Waals surface area contributed by atoms with Gasteiger partial charge in [-0.3, -0.25) is 4.79 Å². The lowest BCUT2D eigenvalue weighted by Gasteiger charge is -2.09. The second-order valence-electron chi connectivity index (χ2n) is 4.10. The van der Waals surface area contributed by atoms with Crippen molar-refractivity contribution in [1.29, 1.82) is 5.26 Å². The number of ether oxygens (including phenoxy) is 1. The van der Waals surface area contributed by atoms with Crippen LogP contribution in [0.1, 0.15) is 15.9 Å². The number of amides is 1. The van der Waals surface area contributed by atoms with Crippen LogP contribution in [0.25, 0.3) is 0 Å². The van der Waals surface area contributed by atoms with Crippen molar-refractivity contribution in [2.45, 2.75) is 0 Å². The van der Waals surface area contributed by atoms with Gasteiger partial charge in [-0.25, -0.2) is 0 Å². The average Bonchev–Trinajstić information content (AvgIpc) is 2.49. The van der Waals surface area contributed by atoms with Gasteiger partial charge in [0.2, 0.25) is 0 Å². The second kappa shape index (κ2) is 5.76. The molecule has 1 amide bonds. The lowest BCUT2D eigenvalue weighted by atomic mass is 10.1. The molecular formula is C15H13N3O2. The molecule has 0 aliphatic carbocycles. The molecule has 100 valence electrons. The third kappa shape index (κ3) is 2.87. The summed E-state index contributed by atoms with van der Waals surface area (Å²) in [6, 6.07) is 13.4. The number of nitrogens with one attached hydrogen (secondary N) is 1. The maximum Gasteiger partial charge on any atom is 0.255 e. The molecule has 2 aromatic carbocycles. The van der Waals surface area contributed by atoms with Crippen LogP contribution in [-0.2, 0) is 0 Å². The van der Waals surface area contributed by atoms with Crippen LogP contribution < -0.4 is 15.8 Å². The number of hydrogen-bond donors (Lipinski definition) is 2. The fourth-order valence-electron chi connectivity index (χ4n) is 1.69. The molecule has 3 N–H and O–H groups in total. The quantitative estimate of drug-likeness (QED) is 0.836. The normalized spacial score (nSPS) is 9.60. The smallest absolute Gasteiger partial charge is 0.255 e. The Kier molecular flexibility index (Phi) is 3.87. The molecule has 0 spiro atoms. The van der Waals surface area contributed by atoms with Crippen LogP contribution >= 0.6 is 0 Å². The maximum atomic E-state index is 12.0. The number of methoxy groups -OCH3 is 1. The zero-order chi connectivity index (χ0) is 14.5. The molecule has 5 nitrogen and oxygen atoms in total. The first-order valence-electron chi connectivity index (χ1n) is 5.89. The largest absolute Gasteiger partial charge is 0.495 e. The van der Waals surface area contributed by atoms with Crippen molar-refractivity contribution in [3.05, 3.63) is 53.6 Å². The van der Waals surface area contributed by atoms with Crippen molar-refractivity contribution in [3.8, 4) is 11.8 Å². The molecule has 0 aromatic heterocycles. The molecule has 0 atom stereocenters. The lowest BCUT2D eigenvalue weighted by Crippen LogP contribution is -2.12. The highest BCUT2D eigenvalue weighted by molar-refractivity contribution is 6.04. The number of benzene rings is 2. The maximum absolute atomic E-state index is 12.0. The Morgan fingerprint density at radius 1 is 1.25 bits per heavy atom. The number of nitriles is 1. The fourth-order valence-corrected chi connectivity index (χ4v) is 1.69. The Balaban J connectivity index is 2.16. The van der Waals surface area contributed by atoms with Gasteiger partial charge in [0, 0.05) is 17.3 Å². The number of rotatable bonds is 3. The molecule has 0 radical (unpaired) electrons. The Bertz CT molecular complexity index is 673. The summed E-state index contributed by atoms with van der Waals surface area (Å²) in [4.78, 5) is 12.0. The van der Waals surface area contributed by atoms with Crippen LogP contribution in [-0.4, -0.2) is 13.0 Å². The van der Waals surface area contributed by atoms with Gasteiger partial charge >= 0.3 is 0 Å². The monoisotopic (exact) mass is 267 g/mol. The summed E-state index contributed by atoms with van der Waals surface area (Å²) >= 11 is 0. The Morgan fingerprint density at radius 3 is 2.55 bits per heavy atom. The van der Waals surface area contributed by atoms with Crippen LogP contribution in [0.4, 0.5) is 11.4 Å². The summed E-state index contributed by atoms with van der Waals surface area (Å²) in [5.74, 6) is 0.240. The van der Waals surface area contributed by atoms with E-state index in [2.05, 4.69) is 5.32 Å². The molecule has 0 heterocycles. The predicted molar refractivity (Wildman–Crippen MR) is 76.5 cm³/mol. The van der Waals surface area contributed by atoms with E-state index in [1.807, 2.05) is 6.07 Å². The summed E-state index contributed by atoms with van der Waals surface area (Å²) in [5, 5.41) is 11.4. The molecule has 2 aromatic rings. The van der Waals surface area contributed by atoms with E-state index >= 15 is 0 Å². The van der Waals surface area contributed by atoms with E-state index in [0.29, 0.717) is 28.3 Å². The van der Waals surface area contributed by atoms with E-state index in [0.717, 1.165) is 0 Å². The van der Waals surface area contributed by atoms with Gasteiger partial charge in [-0.15, -0.1) is 0 Å². The van der Waals surface area contributed by atoms with E-state index in [1.54, 1.807) is 42.5 Å². The van der Waals surface area contributed by atoms with Crippen molar-refractivity contribution in [3.63, 3.8) is 0 Å². The second-order valence-corrected chi connectivity index (χ2v) is 4.10. The SMILES string of the molecule is COc1cc(NC(=O)c2ccc(C#N)cc2)ccc1N. The van der Waals surface area contributed by atoms with Gasteiger partial charge in [0.25, 0.3) is 5.91 Å². The number of carbonyl (C=O) groups excluding carboxylic acids is 1. The molecule has 0 fully saturated rings. The van der Waals surface area contributed by atoms with Crippen LogP contribution in [0.3, 0.4) is 0 Å². The molecule has 0 saturated carbocycles. The number of nitrogens with zero attached hydrogens (tertiary/aromatic N) is 1. The van der Waals surface area contributed by atoms with Crippen molar-refractivity contribution >= 4 is 17.3 Å². The van der Waals surface area contributed by atoms with E-state index in [9.17, 15) is 4.79 Å². The number of nitrogens with two attached hydrogens (primary N) is 1. The molecule has 0 unspecified atom stereocenters. The first-order valence-corrected chi connectivity index (χ1v) is 5.89. The van der Waals surface area contributed by atoms with Crippen molar-refractivity contribution in [1.82, 2.24) is 0 Å². The molecule has 0 aliphatic rings. The topological polar surface area (TPSA) is 88.1 Å². The first-order chi connectivity index (χ1) is 9.63. The van der Waals surface area contributed by atoms with Gasteiger partial charge < -0.3 is 15.8 Å². The lowest BCUT2D eigenvalue weighted by molar-refractivity contribution is 0.102. The standard InChI is InChI=1S/C15H13N3O2/c1-20-14-8-12(6-7-13(14)17)18-15(19)11-4-2-10(9-16)3-5-11/h2-8H,17H2,1H3,(H,18,19). The van der Waals surface area contributed by atoms with Gasteiger partial charge in [-0.2, -0.15) is 5.26 Å². The van der Waals surface area contributed by atoms with E-state index < -0.39 is 0 Å². The Hall–Kier alpha value is -3.00. The number of anilines is 2. The summed E-state index contributed by atoms with van der Waals surface area (Å²) in [6.45, 7) is 0. The van der Waals surface area contributed by atoms with E-state index in [1.165, 1.54) is 7.11 Å².